The second-order valence-electron chi connectivity index (χ2n) is 8.15. The van der Waals surface area contributed by atoms with E-state index in [-0.39, 0.29) is 28.5 Å². The molecule has 1 aromatic heterocycles. The summed E-state index contributed by atoms with van der Waals surface area (Å²) in [7, 11) is 0. The highest BCUT2D eigenvalue weighted by atomic mass is 35.5. The number of benzene rings is 2. The Bertz CT molecular complexity index is 1230. The minimum absolute atomic E-state index is 0.0199. The summed E-state index contributed by atoms with van der Waals surface area (Å²) in [5, 5.41) is 16.4. The molecule has 0 fully saturated rings. The number of halogens is 3. The van der Waals surface area contributed by atoms with Crippen molar-refractivity contribution < 1.29 is 9.59 Å². The molecule has 2 N–H and O–H groups in total. The maximum absolute atomic E-state index is 12.9. The normalized spacial score (nSPS) is 12.0. The average Bonchev–Trinajstić information content (AvgIpc) is 3.21. The summed E-state index contributed by atoms with van der Waals surface area (Å²) in [6.45, 7) is 8.35. The van der Waals surface area contributed by atoms with Crippen LogP contribution in [-0.2, 0) is 11.3 Å². The summed E-state index contributed by atoms with van der Waals surface area (Å²) in [4.78, 5) is 25.5. The van der Waals surface area contributed by atoms with Gasteiger partial charge in [-0.15, -0.1) is 10.2 Å². The van der Waals surface area contributed by atoms with E-state index in [0.717, 1.165) is 5.56 Å². The Morgan fingerprint density at radius 2 is 1.83 bits per heavy atom. The van der Waals surface area contributed by atoms with Crippen LogP contribution in [0.5, 0.6) is 0 Å². The highest BCUT2D eigenvalue weighted by Gasteiger charge is 2.27. The van der Waals surface area contributed by atoms with Gasteiger partial charge in [0.1, 0.15) is 0 Å². The largest absolute Gasteiger partial charge is 0.342 e. The van der Waals surface area contributed by atoms with E-state index in [1.54, 1.807) is 30.3 Å². The summed E-state index contributed by atoms with van der Waals surface area (Å²) in [6, 6.07) is 9.68. The SMILES string of the molecule is CCn1c(SCC(=O)Nc2cccc(Cl)c2C)nnc1[C@@H](NC(=O)c1ccc(Cl)cc1Cl)C(C)C. The van der Waals surface area contributed by atoms with Crippen LogP contribution < -0.4 is 10.6 Å². The Labute approximate surface area is 223 Å². The number of amides is 2. The Hall–Kier alpha value is -2.26. The molecule has 3 rings (SSSR count). The number of anilines is 1. The summed E-state index contributed by atoms with van der Waals surface area (Å²) in [6.07, 6.45) is 0. The van der Waals surface area contributed by atoms with Crippen LogP contribution in [0.1, 0.15) is 48.6 Å². The van der Waals surface area contributed by atoms with Gasteiger partial charge >= 0.3 is 0 Å². The minimum Gasteiger partial charge on any atom is -0.342 e. The molecule has 0 saturated heterocycles. The molecular formula is C24H26Cl3N5O2S. The van der Waals surface area contributed by atoms with E-state index in [1.165, 1.54) is 17.8 Å². The zero-order chi connectivity index (χ0) is 25.7. The number of nitrogens with one attached hydrogen (secondary N) is 2. The van der Waals surface area contributed by atoms with Crippen LogP contribution in [0, 0.1) is 12.8 Å². The molecule has 7 nitrogen and oxygen atoms in total. The van der Waals surface area contributed by atoms with Gasteiger partial charge in [0.15, 0.2) is 11.0 Å². The summed E-state index contributed by atoms with van der Waals surface area (Å²) >= 11 is 19.6. The molecule has 0 unspecified atom stereocenters. The molecule has 0 saturated carbocycles. The van der Waals surface area contributed by atoms with Crippen molar-refractivity contribution in [3.05, 3.63) is 68.4 Å². The zero-order valence-corrected chi connectivity index (χ0v) is 22.8. The zero-order valence-electron chi connectivity index (χ0n) is 19.7. The van der Waals surface area contributed by atoms with Gasteiger partial charge in [0, 0.05) is 22.3 Å². The standard InChI is InChI=1S/C24H26Cl3N5O2S/c1-5-32-22(21(13(2)3)29-23(34)16-10-9-15(25)11-18(16)27)30-31-24(32)35-12-20(33)28-19-8-6-7-17(26)14(19)4/h6-11,13,21H,5,12H2,1-4H3,(H,28,33)(H,29,34)/t21-/m0/s1. The minimum atomic E-state index is -0.418. The first kappa shape index (κ1) is 27.3. The predicted molar refractivity (Wildman–Crippen MR) is 143 cm³/mol. The molecule has 0 aliphatic carbocycles. The van der Waals surface area contributed by atoms with Crippen molar-refractivity contribution in [2.75, 3.05) is 11.1 Å². The highest BCUT2D eigenvalue weighted by Crippen LogP contribution is 2.28. The fourth-order valence-corrected chi connectivity index (χ4v) is 4.89. The molecule has 3 aromatic rings. The van der Waals surface area contributed by atoms with Crippen molar-refractivity contribution in [2.45, 2.75) is 45.4 Å². The van der Waals surface area contributed by atoms with Crippen LogP contribution in [0.25, 0.3) is 0 Å². The molecule has 2 amide bonds. The van der Waals surface area contributed by atoms with E-state index >= 15 is 0 Å². The number of aromatic nitrogens is 3. The Morgan fingerprint density at radius 3 is 2.49 bits per heavy atom. The number of nitrogens with zero attached hydrogens (tertiary/aromatic N) is 3. The lowest BCUT2D eigenvalue weighted by Gasteiger charge is -2.22. The van der Waals surface area contributed by atoms with E-state index in [0.29, 0.717) is 38.8 Å². The summed E-state index contributed by atoms with van der Waals surface area (Å²) in [5.41, 5.74) is 1.80. The molecule has 2 aromatic carbocycles. The third kappa shape index (κ3) is 6.70. The Morgan fingerprint density at radius 1 is 1.09 bits per heavy atom. The molecule has 0 aliphatic heterocycles. The molecule has 0 aliphatic rings. The van der Waals surface area contributed by atoms with Crippen LogP contribution in [0.15, 0.2) is 41.6 Å². The van der Waals surface area contributed by atoms with Gasteiger partial charge < -0.3 is 15.2 Å². The molecule has 1 atom stereocenters. The highest BCUT2D eigenvalue weighted by molar-refractivity contribution is 7.99. The first-order chi connectivity index (χ1) is 16.6. The van der Waals surface area contributed by atoms with Gasteiger partial charge in [-0.2, -0.15) is 0 Å². The molecule has 35 heavy (non-hydrogen) atoms. The van der Waals surface area contributed by atoms with Gasteiger partial charge in [-0.3, -0.25) is 9.59 Å². The van der Waals surface area contributed by atoms with E-state index in [9.17, 15) is 9.59 Å². The van der Waals surface area contributed by atoms with Crippen molar-refractivity contribution in [3.63, 3.8) is 0 Å². The third-order valence-corrected chi connectivity index (χ3v) is 7.27. The summed E-state index contributed by atoms with van der Waals surface area (Å²) < 4.78 is 1.90. The summed E-state index contributed by atoms with van der Waals surface area (Å²) in [5.74, 6) is 0.254. The van der Waals surface area contributed by atoms with Crippen LogP contribution in [0.3, 0.4) is 0 Å². The van der Waals surface area contributed by atoms with Crippen molar-refractivity contribution >= 4 is 64.1 Å². The van der Waals surface area contributed by atoms with Gasteiger partial charge in [0.25, 0.3) is 5.91 Å². The molecule has 0 bridgehead atoms. The fourth-order valence-electron chi connectivity index (χ4n) is 3.42. The second-order valence-corrected chi connectivity index (χ2v) is 10.3. The number of carbonyl (C=O) groups excluding carboxylic acids is 2. The molecule has 11 heteroatoms. The molecule has 0 spiro atoms. The van der Waals surface area contributed by atoms with E-state index in [4.69, 9.17) is 34.8 Å². The van der Waals surface area contributed by atoms with E-state index in [1.807, 2.05) is 32.3 Å². The van der Waals surface area contributed by atoms with Crippen LogP contribution in [0.2, 0.25) is 15.1 Å². The number of thioether (sulfide) groups is 1. The number of hydrogen-bond acceptors (Lipinski definition) is 5. The maximum atomic E-state index is 12.9. The van der Waals surface area contributed by atoms with Gasteiger partial charge in [-0.05, 0) is 55.7 Å². The van der Waals surface area contributed by atoms with Crippen molar-refractivity contribution in [2.24, 2.45) is 5.92 Å². The van der Waals surface area contributed by atoms with Crippen molar-refractivity contribution in [1.82, 2.24) is 20.1 Å². The quantitative estimate of drug-likeness (QED) is 0.298. The van der Waals surface area contributed by atoms with Crippen LogP contribution in [0.4, 0.5) is 5.69 Å². The molecule has 186 valence electrons. The van der Waals surface area contributed by atoms with Gasteiger partial charge in [0.05, 0.1) is 22.4 Å². The van der Waals surface area contributed by atoms with Crippen LogP contribution in [-0.4, -0.2) is 32.3 Å². The maximum Gasteiger partial charge on any atom is 0.253 e. The first-order valence-corrected chi connectivity index (χ1v) is 13.1. The van der Waals surface area contributed by atoms with Gasteiger partial charge in [-0.25, -0.2) is 0 Å². The first-order valence-electron chi connectivity index (χ1n) is 11.0. The van der Waals surface area contributed by atoms with Crippen LogP contribution >= 0.6 is 46.6 Å². The lowest BCUT2D eigenvalue weighted by molar-refractivity contribution is -0.113. The van der Waals surface area contributed by atoms with Crippen molar-refractivity contribution in [3.8, 4) is 0 Å². The number of rotatable bonds is 9. The monoisotopic (exact) mass is 553 g/mol. The van der Waals surface area contributed by atoms with Gasteiger partial charge in [-0.1, -0.05) is 66.5 Å². The second kappa shape index (κ2) is 12.1. The average molecular weight is 555 g/mol. The Balaban J connectivity index is 1.74. The molecule has 0 radical (unpaired) electrons. The molecular weight excluding hydrogens is 529 g/mol. The lowest BCUT2D eigenvalue weighted by Crippen LogP contribution is -2.34. The number of hydrogen-bond donors (Lipinski definition) is 2. The third-order valence-electron chi connectivity index (χ3n) is 5.34. The lowest BCUT2D eigenvalue weighted by atomic mass is 10.0. The Kier molecular flexibility index (Phi) is 9.47. The predicted octanol–water partition coefficient (Wildman–Crippen LogP) is 6.42. The van der Waals surface area contributed by atoms with Crippen molar-refractivity contribution in [1.29, 1.82) is 0 Å². The molecule has 1 heterocycles. The smallest absolute Gasteiger partial charge is 0.253 e. The van der Waals surface area contributed by atoms with E-state index in [2.05, 4.69) is 20.8 Å². The van der Waals surface area contributed by atoms with Gasteiger partial charge in [0.2, 0.25) is 5.91 Å². The fraction of sp³-hybridized carbons (Fsp3) is 0.333. The number of carbonyl (C=O) groups is 2. The van der Waals surface area contributed by atoms with E-state index < -0.39 is 6.04 Å². The topological polar surface area (TPSA) is 88.9 Å².